The van der Waals surface area contributed by atoms with Gasteiger partial charge in [0, 0.05) is 32.3 Å². The first-order valence-electron chi connectivity index (χ1n) is 15.8. The summed E-state index contributed by atoms with van der Waals surface area (Å²) in [5.41, 5.74) is 3.42. The Hall–Kier alpha value is -3.60. The maximum Gasteiger partial charge on any atom is 0.308 e. The van der Waals surface area contributed by atoms with Crippen LogP contribution in [0.25, 0.3) is 5.70 Å². The third kappa shape index (κ3) is 10.5. The van der Waals surface area contributed by atoms with Crippen LogP contribution in [0.3, 0.4) is 0 Å². The van der Waals surface area contributed by atoms with Crippen molar-refractivity contribution in [2.75, 3.05) is 69.5 Å². The molecule has 238 valence electrons. The number of carbonyl (C=O) groups excluding carboxylic acids is 1. The van der Waals surface area contributed by atoms with Crippen LogP contribution in [0.1, 0.15) is 50.1 Å². The molecular weight excluding hydrogens is 558 g/mol. The fourth-order valence-corrected chi connectivity index (χ4v) is 5.25. The predicted octanol–water partition coefficient (Wildman–Crippen LogP) is 4.89. The highest BCUT2D eigenvalue weighted by Gasteiger charge is 2.32. The molecule has 2 heterocycles. The minimum atomic E-state index is -0.222. The van der Waals surface area contributed by atoms with Crippen LogP contribution >= 0.6 is 0 Å². The van der Waals surface area contributed by atoms with Gasteiger partial charge in [0.25, 0.3) is 0 Å². The molecule has 0 bridgehead atoms. The number of nitrogens with one attached hydrogen (secondary N) is 1. The highest BCUT2D eigenvalue weighted by Crippen LogP contribution is 2.31. The fourth-order valence-electron chi connectivity index (χ4n) is 5.25. The van der Waals surface area contributed by atoms with E-state index < -0.39 is 0 Å². The quantitative estimate of drug-likeness (QED) is 0.110. The van der Waals surface area contributed by atoms with E-state index in [1.807, 2.05) is 38.1 Å². The highest BCUT2D eigenvalue weighted by atomic mass is 16.6. The first-order valence-corrected chi connectivity index (χ1v) is 15.8. The molecule has 0 amide bonds. The first-order chi connectivity index (χ1) is 21.6. The number of nitrogens with zero attached hydrogens (tertiary/aromatic N) is 4. The zero-order valence-corrected chi connectivity index (χ0v) is 26.2. The van der Waals surface area contributed by atoms with E-state index in [1.54, 1.807) is 0 Å². The number of ether oxygens (including phenoxy) is 4. The van der Waals surface area contributed by atoms with Gasteiger partial charge in [0.2, 0.25) is 0 Å². The topological polar surface area (TPSA) is 107 Å². The van der Waals surface area contributed by atoms with Crippen LogP contribution in [0.2, 0.25) is 0 Å². The van der Waals surface area contributed by atoms with Gasteiger partial charge in [-0.1, -0.05) is 36.4 Å². The highest BCUT2D eigenvalue weighted by molar-refractivity contribution is 5.70. The molecule has 10 heteroatoms. The van der Waals surface area contributed by atoms with Crippen molar-refractivity contribution < 1.29 is 23.7 Å². The number of aromatic nitrogens is 2. The van der Waals surface area contributed by atoms with Crippen LogP contribution in [-0.4, -0.2) is 88.0 Å². The Balaban J connectivity index is 1.25. The van der Waals surface area contributed by atoms with E-state index in [1.165, 1.54) is 11.1 Å². The van der Waals surface area contributed by atoms with Crippen molar-refractivity contribution in [3.8, 4) is 0 Å². The number of fused-ring (bicyclic) bond motifs is 1. The number of hydrogen-bond acceptors (Lipinski definition) is 10. The summed E-state index contributed by atoms with van der Waals surface area (Å²) in [6.07, 6.45) is 9.51. The average Bonchev–Trinajstić information content (AvgIpc) is 3.24. The molecule has 1 aliphatic carbocycles. The number of esters is 1. The van der Waals surface area contributed by atoms with Crippen molar-refractivity contribution in [3.63, 3.8) is 0 Å². The summed E-state index contributed by atoms with van der Waals surface area (Å²) >= 11 is 0. The number of rotatable bonds is 18. The molecule has 0 spiro atoms. The molecule has 0 radical (unpaired) electrons. The van der Waals surface area contributed by atoms with E-state index >= 15 is 0 Å². The molecule has 1 aromatic carbocycles. The SMILES string of the molecule is C=N/C(=C\C=C/C)c1nc(NCC2CC(OC(=O)CCOCCOCCOCC)C2)cc(N2CCc3ccccc3CC2)n1. The molecule has 1 aliphatic heterocycles. The number of allylic oxidation sites excluding steroid dienone is 3. The van der Waals surface area contributed by atoms with Gasteiger partial charge in [0.1, 0.15) is 23.4 Å². The maximum absolute atomic E-state index is 12.2. The van der Waals surface area contributed by atoms with Crippen LogP contribution in [0.15, 0.2) is 53.6 Å². The zero-order chi connectivity index (χ0) is 31.0. The average molecular weight is 606 g/mol. The Bertz CT molecular complexity index is 1230. The molecule has 10 nitrogen and oxygen atoms in total. The van der Waals surface area contributed by atoms with Crippen LogP contribution in [0, 0.1) is 5.92 Å². The van der Waals surface area contributed by atoms with Crippen LogP contribution < -0.4 is 10.2 Å². The van der Waals surface area contributed by atoms with Crippen molar-refractivity contribution in [2.24, 2.45) is 10.9 Å². The van der Waals surface area contributed by atoms with Crippen molar-refractivity contribution in [1.29, 1.82) is 0 Å². The molecule has 4 rings (SSSR count). The first kappa shape index (κ1) is 33.3. The largest absolute Gasteiger partial charge is 0.462 e. The fraction of sp³-hybridized carbons (Fsp3) is 0.529. The number of benzene rings is 1. The zero-order valence-electron chi connectivity index (χ0n) is 26.2. The monoisotopic (exact) mass is 605 g/mol. The molecule has 1 aromatic heterocycles. The second kappa shape index (κ2) is 18.3. The van der Waals surface area contributed by atoms with E-state index in [9.17, 15) is 4.79 Å². The summed E-state index contributed by atoms with van der Waals surface area (Å²) in [6, 6.07) is 10.7. The summed E-state index contributed by atoms with van der Waals surface area (Å²) < 4.78 is 21.7. The predicted molar refractivity (Wildman–Crippen MR) is 174 cm³/mol. The Morgan fingerprint density at radius 3 is 2.39 bits per heavy atom. The van der Waals surface area contributed by atoms with Gasteiger partial charge in [-0.15, -0.1) is 0 Å². The molecule has 2 aromatic rings. The van der Waals surface area contributed by atoms with Gasteiger partial charge in [-0.25, -0.2) is 9.97 Å². The number of carbonyl (C=O) groups is 1. The Morgan fingerprint density at radius 1 is 1.05 bits per heavy atom. The number of aliphatic imine (C=N–C) groups is 1. The summed E-state index contributed by atoms with van der Waals surface area (Å²) in [4.78, 5) is 28.4. The third-order valence-corrected chi connectivity index (χ3v) is 7.76. The summed E-state index contributed by atoms with van der Waals surface area (Å²) in [5.74, 6) is 2.34. The molecule has 1 N–H and O–H groups in total. The molecule has 1 fully saturated rings. The van der Waals surface area contributed by atoms with Crippen molar-refractivity contribution >= 4 is 30.0 Å². The van der Waals surface area contributed by atoms with Crippen LogP contribution in [-0.2, 0) is 36.6 Å². The lowest BCUT2D eigenvalue weighted by atomic mass is 9.82. The number of hydrogen-bond donors (Lipinski definition) is 1. The number of anilines is 2. The Kier molecular flexibility index (Phi) is 13.8. The summed E-state index contributed by atoms with van der Waals surface area (Å²) in [7, 11) is 0. The van der Waals surface area contributed by atoms with Gasteiger partial charge >= 0.3 is 5.97 Å². The van der Waals surface area contributed by atoms with Gasteiger partial charge in [0.15, 0.2) is 5.82 Å². The minimum Gasteiger partial charge on any atom is -0.462 e. The second-order valence-electron chi connectivity index (χ2n) is 10.9. The second-order valence-corrected chi connectivity index (χ2v) is 10.9. The van der Waals surface area contributed by atoms with Crippen LogP contribution in [0.4, 0.5) is 11.6 Å². The van der Waals surface area contributed by atoms with Gasteiger partial charge in [-0.2, -0.15) is 0 Å². The maximum atomic E-state index is 12.2. The molecule has 44 heavy (non-hydrogen) atoms. The van der Waals surface area contributed by atoms with Crippen LogP contribution in [0.5, 0.6) is 0 Å². The third-order valence-electron chi connectivity index (χ3n) is 7.76. The Labute approximate surface area is 261 Å². The lowest BCUT2D eigenvalue weighted by Crippen LogP contribution is -2.37. The molecule has 1 saturated carbocycles. The van der Waals surface area contributed by atoms with E-state index in [2.05, 4.69) is 46.2 Å². The lowest BCUT2D eigenvalue weighted by Gasteiger charge is -2.35. The van der Waals surface area contributed by atoms with Gasteiger partial charge < -0.3 is 29.2 Å². The minimum absolute atomic E-state index is 0.0493. The smallest absolute Gasteiger partial charge is 0.308 e. The standard InChI is InChI=1S/C34H47N5O5/c1-4-6-11-30(35-3)34-37-31(24-32(38-34)39-15-12-27-9-7-8-10-28(27)13-16-39)36-25-26-22-29(23-26)44-33(40)14-17-42-20-21-43-19-18-41-5-2/h4,6-11,24,26,29H,3,5,12-23,25H2,1-2H3,(H,36,37,38)/b6-4-,30-11-. The van der Waals surface area contributed by atoms with E-state index in [0.29, 0.717) is 57.1 Å². The van der Waals surface area contributed by atoms with E-state index in [0.717, 1.165) is 57.0 Å². The van der Waals surface area contributed by atoms with Gasteiger partial charge in [-0.05, 0) is 69.4 Å². The molecule has 0 atom stereocenters. The van der Waals surface area contributed by atoms with E-state index in [4.69, 9.17) is 28.9 Å². The van der Waals surface area contributed by atoms with E-state index in [-0.39, 0.29) is 18.5 Å². The van der Waals surface area contributed by atoms with Crippen molar-refractivity contribution in [2.45, 2.75) is 52.1 Å². The molecule has 0 unspecified atom stereocenters. The van der Waals surface area contributed by atoms with Gasteiger partial charge in [0.05, 0.1) is 39.5 Å². The molecule has 2 aliphatic rings. The summed E-state index contributed by atoms with van der Waals surface area (Å²) in [5, 5.41) is 3.51. The normalized spacial score (nSPS) is 18.4. The molecule has 0 saturated heterocycles. The van der Waals surface area contributed by atoms with Gasteiger partial charge in [-0.3, -0.25) is 9.79 Å². The summed E-state index contributed by atoms with van der Waals surface area (Å²) in [6.45, 7) is 13.2. The lowest BCUT2D eigenvalue weighted by molar-refractivity contribution is -0.156. The van der Waals surface area contributed by atoms with Crippen molar-refractivity contribution in [3.05, 3.63) is 65.5 Å². The Morgan fingerprint density at radius 2 is 1.73 bits per heavy atom. The van der Waals surface area contributed by atoms with Crippen molar-refractivity contribution in [1.82, 2.24) is 9.97 Å². The molecular formula is C34H47N5O5.